The van der Waals surface area contributed by atoms with Crippen molar-refractivity contribution in [1.29, 1.82) is 0 Å². The summed E-state index contributed by atoms with van der Waals surface area (Å²) >= 11 is 0. The first-order chi connectivity index (χ1) is 8.56. The predicted octanol–water partition coefficient (Wildman–Crippen LogP) is 2.28. The van der Waals surface area contributed by atoms with Crippen LogP contribution in [-0.4, -0.2) is 23.7 Å². The average Bonchev–Trinajstić information content (AvgIpc) is 2.31. The fourth-order valence-electron chi connectivity index (χ4n) is 1.77. The first-order valence-electron chi connectivity index (χ1n) is 6.23. The summed E-state index contributed by atoms with van der Waals surface area (Å²) in [6, 6.07) is 7.12. The number of rotatable bonds is 7. The molecule has 0 radical (unpaired) electrons. The molecule has 0 spiro atoms. The maximum atomic E-state index is 11.1. The highest BCUT2D eigenvalue weighted by Gasteiger charge is 2.20. The van der Waals surface area contributed by atoms with Crippen molar-refractivity contribution in [3.05, 3.63) is 29.8 Å². The highest BCUT2D eigenvalue weighted by atomic mass is 16.5. The Labute approximate surface area is 108 Å². The van der Waals surface area contributed by atoms with Gasteiger partial charge < -0.3 is 9.84 Å². The van der Waals surface area contributed by atoms with Crippen LogP contribution in [0, 0.1) is 5.92 Å². The monoisotopic (exact) mass is 251 g/mol. The summed E-state index contributed by atoms with van der Waals surface area (Å²) in [5.74, 6) is 0.0287. The Balaban J connectivity index is 2.70. The molecule has 0 saturated carbocycles. The number of aliphatic carboxylic acids is 1. The molecule has 4 heteroatoms. The molecule has 1 aromatic carbocycles. The van der Waals surface area contributed by atoms with Crippen molar-refractivity contribution >= 4 is 5.97 Å². The van der Waals surface area contributed by atoms with Gasteiger partial charge in [0.15, 0.2) is 0 Å². The van der Waals surface area contributed by atoms with Gasteiger partial charge in [0.1, 0.15) is 11.8 Å². The van der Waals surface area contributed by atoms with E-state index < -0.39 is 12.0 Å². The van der Waals surface area contributed by atoms with E-state index in [0.717, 1.165) is 11.3 Å². The van der Waals surface area contributed by atoms with Crippen LogP contribution in [0.25, 0.3) is 0 Å². The molecule has 0 amide bonds. The summed E-state index contributed by atoms with van der Waals surface area (Å²) < 4.78 is 5.50. The number of hydrogen-bond acceptors (Lipinski definition) is 3. The molecule has 0 aromatic heterocycles. The third kappa shape index (κ3) is 4.04. The van der Waals surface area contributed by atoms with Gasteiger partial charge in [0.2, 0.25) is 0 Å². The Hall–Kier alpha value is -1.55. The average molecular weight is 251 g/mol. The fraction of sp³-hybridized carbons (Fsp3) is 0.500. The van der Waals surface area contributed by atoms with Crippen LogP contribution in [0.2, 0.25) is 0 Å². The summed E-state index contributed by atoms with van der Waals surface area (Å²) in [7, 11) is 0. The summed E-state index contributed by atoms with van der Waals surface area (Å²) in [6.07, 6.45) is 0. The van der Waals surface area contributed by atoms with E-state index in [1.165, 1.54) is 0 Å². The normalized spacial score (nSPS) is 12.4. The number of hydrogen-bond donors (Lipinski definition) is 2. The molecule has 18 heavy (non-hydrogen) atoms. The fourth-order valence-corrected chi connectivity index (χ4v) is 1.77. The van der Waals surface area contributed by atoms with Crippen LogP contribution in [-0.2, 0) is 11.3 Å². The molecule has 0 aliphatic heterocycles. The number of ether oxygens (including phenoxy) is 1. The minimum atomic E-state index is -0.820. The number of benzene rings is 1. The van der Waals surface area contributed by atoms with E-state index in [0.29, 0.717) is 13.2 Å². The van der Waals surface area contributed by atoms with Crippen LogP contribution >= 0.6 is 0 Å². The van der Waals surface area contributed by atoms with Gasteiger partial charge in [-0.3, -0.25) is 10.1 Å². The predicted molar refractivity (Wildman–Crippen MR) is 70.7 cm³/mol. The molecule has 0 aliphatic rings. The summed E-state index contributed by atoms with van der Waals surface area (Å²) in [6.45, 7) is 6.80. The van der Waals surface area contributed by atoms with Gasteiger partial charge >= 0.3 is 5.97 Å². The molecule has 0 fully saturated rings. The van der Waals surface area contributed by atoms with Crippen LogP contribution in [0.3, 0.4) is 0 Å². The Bertz CT molecular complexity index is 390. The molecule has 1 atom stereocenters. The first kappa shape index (κ1) is 14.5. The quantitative estimate of drug-likeness (QED) is 0.780. The van der Waals surface area contributed by atoms with Gasteiger partial charge in [0, 0.05) is 12.1 Å². The van der Waals surface area contributed by atoms with E-state index in [2.05, 4.69) is 5.32 Å². The second kappa shape index (κ2) is 7.01. The molecule has 0 saturated heterocycles. The van der Waals surface area contributed by atoms with Crippen molar-refractivity contribution in [2.24, 2.45) is 5.92 Å². The van der Waals surface area contributed by atoms with Gasteiger partial charge in [-0.2, -0.15) is 0 Å². The maximum Gasteiger partial charge on any atom is 0.320 e. The summed E-state index contributed by atoms with van der Waals surface area (Å²) in [5.41, 5.74) is 0.978. The highest BCUT2D eigenvalue weighted by Crippen LogP contribution is 2.18. The second-order valence-corrected chi connectivity index (χ2v) is 4.48. The molecule has 1 unspecified atom stereocenters. The lowest BCUT2D eigenvalue weighted by Gasteiger charge is -2.19. The van der Waals surface area contributed by atoms with Gasteiger partial charge in [-0.25, -0.2) is 0 Å². The van der Waals surface area contributed by atoms with E-state index in [9.17, 15) is 4.79 Å². The van der Waals surface area contributed by atoms with Crippen molar-refractivity contribution < 1.29 is 14.6 Å². The van der Waals surface area contributed by atoms with E-state index >= 15 is 0 Å². The summed E-state index contributed by atoms with van der Waals surface area (Å²) in [4.78, 5) is 11.1. The lowest BCUT2D eigenvalue weighted by molar-refractivity contribution is -0.140. The summed E-state index contributed by atoms with van der Waals surface area (Å²) in [5, 5.41) is 12.2. The molecule has 100 valence electrons. The van der Waals surface area contributed by atoms with Crippen molar-refractivity contribution in [2.75, 3.05) is 6.61 Å². The highest BCUT2D eigenvalue weighted by molar-refractivity contribution is 5.73. The van der Waals surface area contributed by atoms with Crippen LogP contribution in [0.4, 0.5) is 0 Å². The number of nitrogens with one attached hydrogen (secondary N) is 1. The minimum absolute atomic E-state index is 0.0433. The molecule has 0 bridgehead atoms. The van der Waals surface area contributed by atoms with Crippen LogP contribution < -0.4 is 10.1 Å². The van der Waals surface area contributed by atoms with Crippen molar-refractivity contribution in [1.82, 2.24) is 5.32 Å². The third-order valence-corrected chi connectivity index (χ3v) is 2.72. The Morgan fingerprint density at radius 3 is 2.61 bits per heavy atom. The van der Waals surface area contributed by atoms with Crippen LogP contribution in [0.1, 0.15) is 26.3 Å². The molecule has 0 aliphatic carbocycles. The van der Waals surface area contributed by atoms with Gasteiger partial charge in [0.25, 0.3) is 0 Å². The van der Waals surface area contributed by atoms with Crippen LogP contribution in [0.5, 0.6) is 5.75 Å². The number of carboxylic acids is 1. The maximum absolute atomic E-state index is 11.1. The van der Waals surface area contributed by atoms with E-state index in [4.69, 9.17) is 9.84 Å². The molecule has 2 N–H and O–H groups in total. The molecular weight excluding hydrogens is 230 g/mol. The Morgan fingerprint density at radius 2 is 2.06 bits per heavy atom. The Morgan fingerprint density at radius 1 is 1.39 bits per heavy atom. The van der Waals surface area contributed by atoms with Crippen molar-refractivity contribution in [3.8, 4) is 5.75 Å². The van der Waals surface area contributed by atoms with Gasteiger partial charge in [-0.1, -0.05) is 32.0 Å². The number of carbonyl (C=O) groups is 1. The van der Waals surface area contributed by atoms with Gasteiger partial charge in [-0.05, 0) is 18.9 Å². The molecule has 4 nitrogen and oxygen atoms in total. The van der Waals surface area contributed by atoms with Crippen molar-refractivity contribution in [3.63, 3.8) is 0 Å². The number of carboxylic acid groups (broad SMARTS) is 1. The van der Waals surface area contributed by atoms with E-state index in [-0.39, 0.29) is 5.92 Å². The van der Waals surface area contributed by atoms with Crippen LogP contribution in [0.15, 0.2) is 24.3 Å². The third-order valence-electron chi connectivity index (χ3n) is 2.72. The molecule has 1 rings (SSSR count). The second-order valence-electron chi connectivity index (χ2n) is 4.48. The van der Waals surface area contributed by atoms with E-state index in [1.807, 2.05) is 45.0 Å². The lowest BCUT2D eigenvalue weighted by atomic mass is 10.0. The van der Waals surface area contributed by atoms with E-state index in [1.54, 1.807) is 0 Å². The topological polar surface area (TPSA) is 58.6 Å². The zero-order valence-electron chi connectivity index (χ0n) is 11.1. The van der Waals surface area contributed by atoms with Gasteiger partial charge in [-0.15, -0.1) is 0 Å². The molecular formula is C14H21NO3. The first-order valence-corrected chi connectivity index (χ1v) is 6.23. The lowest BCUT2D eigenvalue weighted by Crippen LogP contribution is -2.40. The van der Waals surface area contributed by atoms with Gasteiger partial charge in [0.05, 0.1) is 6.61 Å². The SMILES string of the molecule is CCOc1ccccc1CNC(C(=O)O)C(C)C. The molecule has 0 heterocycles. The standard InChI is InChI=1S/C14H21NO3/c1-4-18-12-8-6-5-7-11(12)9-15-13(10(2)3)14(16)17/h5-8,10,13,15H,4,9H2,1-3H3,(H,16,17). The molecule has 1 aromatic rings. The zero-order valence-corrected chi connectivity index (χ0v) is 11.1. The largest absolute Gasteiger partial charge is 0.494 e. The smallest absolute Gasteiger partial charge is 0.320 e. The number of para-hydroxylation sites is 1. The van der Waals surface area contributed by atoms with Crippen molar-refractivity contribution in [2.45, 2.75) is 33.4 Å². The Kier molecular flexibility index (Phi) is 5.65. The minimum Gasteiger partial charge on any atom is -0.494 e. The zero-order chi connectivity index (χ0) is 13.5.